The predicted octanol–water partition coefficient (Wildman–Crippen LogP) is 0.500. The summed E-state index contributed by atoms with van der Waals surface area (Å²) < 4.78 is 0. The molecular weight excluding hydrogens is 112 g/mol. The number of nitrogens with zero attached hydrogens (tertiary/aromatic N) is 2. The Morgan fingerprint density at radius 1 is 1.22 bits per heavy atom. The van der Waals surface area contributed by atoms with Crippen LogP contribution in [0, 0.1) is 0 Å². The third-order valence-corrected chi connectivity index (χ3v) is 0.987. The first-order chi connectivity index (χ1) is 4.16. The summed E-state index contributed by atoms with van der Waals surface area (Å²) in [7, 11) is 6.00. The van der Waals surface area contributed by atoms with Gasteiger partial charge in [-0.15, -0.1) is 0 Å². The van der Waals surface area contributed by atoms with Crippen LogP contribution in [0.2, 0.25) is 0 Å². The molecule has 0 N–H and O–H groups in total. The van der Waals surface area contributed by atoms with Crippen molar-refractivity contribution in [1.29, 1.82) is 0 Å². The monoisotopic (exact) mass is 130 g/mol. The van der Waals surface area contributed by atoms with Crippen LogP contribution in [0.3, 0.4) is 0 Å². The zero-order valence-electron chi connectivity index (χ0n) is 7.02. The highest BCUT2D eigenvalue weighted by Gasteiger charge is 2.12. The van der Waals surface area contributed by atoms with Crippen molar-refractivity contribution in [3.05, 3.63) is 0 Å². The number of likely N-dealkylation sites (N-methyl/N-ethyl adjacent to an activating group) is 1. The van der Waals surface area contributed by atoms with E-state index in [-0.39, 0.29) is 0 Å². The lowest BCUT2D eigenvalue weighted by Crippen LogP contribution is -1.99. The lowest BCUT2D eigenvalue weighted by Gasteiger charge is -1.90. The molecule has 0 saturated carbocycles. The fraction of sp³-hybridized carbons (Fsp3) is 1.00. The van der Waals surface area contributed by atoms with E-state index in [0.29, 0.717) is 0 Å². The molecule has 0 spiro atoms. The Morgan fingerprint density at radius 2 is 1.56 bits per heavy atom. The summed E-state index contributed by atoms with van der Waals surface area (Å²) >= 11 is 0. The second-order valence-electron chi connectivity index (χ2n) is 2.78. The van der Waals surface area contributed by atoms with Crippen molar-refractivity contribution < 1.29 is 0 Å². The molecule has 0 aromatic rings. The largest absolute Gasteiger partial charge is 0.312 e. The second kappa shape index (κ2) is 4.77. The third-order valence-electron chi connectivity index (χ3n) is 0.987. The summed E-state index contributed by atoms with van der Waals surface area (Å²) in [4.78, 5) is 4.38. The van der Waals surface area contributed by atoms with E-state index >= 15 is 0 Å². The molecule has 0 atom stereocenters. The molecular formula is C7H18N2. The van der Waals surface area contributed by atoms with E-state index in [1.165, 1.54) is 19.6 Å². The van der Waals surface area contributed by atoms with Gasteiger partial charge in [0.05, 0.1) is 0 Å². The summed E-state index contributed by atoms with van der Waals surface area (Å²) in [5, 5.41) is 0. The molecule has 0 unspecified atom stereocenters. The highest BCUT2D eigenvalue weighted by Crippen LogP contribution is 1.98. The van der Waals surface area contributed by atoms with Crippen molar-refractivity contribution in [1.82, 2.24) is 9.80 Å². The highest BCUT2D eigenvalue weighted by atomic mass is 15.2. The summed E-state index contributed by atoms with van der Waals surface area (Å²) in [6.45, 7) is 6.12. The molecule has 0 aromatic carbocycles. The lowest BCUT2D eigenvalue weighted by atomic mass is 10.8. The molecule has 1 fully saturated rings. The van der Waals surface area contributed by atoms with E-state index in [0.717, 1.165) is 0 Å². The molecule has 1 aliphatic rings. The predicted molar refractivity (Wildman–Crippen MR) is 41.7 cm³/mol. The normalized spacial score (nSPS) is 17.0. The van der Waals surface area contributed by atoms with Gasteiger partial charge in [0.2, 0.25) is 0 Å². The zero-order chi connectivity index (χ0) is 7.28. The van der Waals surface area contributed by atoms with Crippen LogP contribution in [0.5, 0.6) is 0 Å². The van der Waals surface area contributed by atoms with Crippen LogP contribution in [-0.4, -0.2) is 50.6 Å². The van der Waals surface area contributed by atoms with Gasteiger partial charge in [-0.25, -0.2) is 0 Å². The molecule has 2 nitrogen and oxygen atoms in total. The maximum absolute atomic E-state index is 2.38. The van der Waals surface area contributed by atoms with E-state index in [1.807, 2.05) is 26.0 Å². The highest BCUT2D eigenvalue weighted by molar-refractivity contribution is 4.68. The molecule has 1 heterocycles. The van der Waals surface area contributed by atoms with Crippen molar-refractivity contribution in [2.24, 2.45) is 0 Å². The first kappa shape index (κ1) is 8.92. The minimum absolute atomic E-state index is 1.25. The van der Waals surface area contributed by atoms with E-state index in [1.54, 1.807) is 0 Å². The Hall–Kier alpha value is -0.0800. The van der Waals surface area contributed by atoms with Gasteiger partial charge >= 0.3 is 0 Å². The van der Waals surface area contributed by atoms with Crippen LogP contribution in [0.1, 0.15) is 6.92 Å². The molecule has 2 heteroatoms. The second-order valence-corrected chi connectivity index (χ2v) is 2.78. The molecule has 0 amide bonds. The summed E-state index contributed by atoms with van der Waals surface area (Å²) in [6.07, 6.45) is 0. The fourth-order valence-electron chi connectivity index (χ4n) is 0.387. The van der Waals surface area contributed by atoms with Gasteiger partial charge in [0.15, 0.2) is 0 Å². The first-order valence-corrected chi connectivity index (χ1v) is 3.50. The van der Waals surface area contributed by atoms with Crippen LogP contribution >= 0.6 is 0 Å². The van der Waals surface area contributed by atoms with Gasteiger partial charge in [0.25, 0.3) is 0 Å². The van der Waals surface area contributed by atoms with Gasteiger partial charge in [0.1, 0.15) is 0 Å². The van der Waals surface area contributed by atoms with Crippen LogP contribution < -0.4 is 0 Å². The molecule has 0 radical (unpaired) electrons. The Bertz CT molecular complexity index is 55.2. The van der Waals surface area contributed by atoms with E-state index in [2.05, 4.69) is 11.8 Å². The van der Waals surface area contributed by atoms with E-state index in [4.69, 9.17) is 0 Å². The molecule has 1 rings (SSSR count). The van der Waals surface area contributed by atoms with Gasteiger partial charge in [-0.3, -0.25) is 0 Å². The average Bonchev–Trinajstić information content (AvgIpc) is 2.43. The van der Waals surface area contributed by atoms with Crippen molar-refractivity contribution in [3.63, 3.8) is 0 Å². The first-order valence-electron chi connectivity index (χ1n) is 3.50. The van der Waals surface area contributed by atoms with Gasteiger partial charge in [-0.05, 0) is 27.7 Å². The quantitative estimate of drug-likeness (QED) is 0.477. The number of hydrogen-bond acceptors (Lipinski definition) is 2. The third kappa shape index (κ3) is 11.5. The molecule has 1 aliphatic heterocycles. The van der Waals surface area contributed by atoms with Gasteiger partial charge in [0, 0.05) is 13.1 Å². The Labute approximate surface area is 58.4 Å². The number of hydrogen-bond donors (Lipinski definition) is 0. The summed E-state index contributed by atoms with van der Waals surface area (Å²) in [5.41, 5.74) is 0. The van der Waals surface area contributed by atoms with Crippen molar-refractivity contribution in [2.75, 3.05) is 40.8 Å². The van der Waals surface area contributed by atoms with Crippen molar-refractivity contribution in [3.8, 4) is 0 Å². The van der Waals surface area contributed by atoms with Crippen LogP contribution in [0.4, 0.5) is 0 Å². The number of rotatable bonds is 1. The molecule has 0 aromatic heterocycles. The Morgan fingerprint density at radius 3 is 1.56 bits per heavy atom. The molecule has 1 saturated heterocycles. The van der Waals surface area contributed by atoms with Crippen molar-refractivity contribution in [2.45, 2.75) is 6.92 Å². The van der Waals surface area contributed by atoms with Gasteiger partial charge in [-0.1, -0.05) is 6.92 Å². The molecule has 0 bridgehead atoms. The summed E-state index contributed by atoms with van der Waals surface area (Å²) in [5.74, 6) is 0. The zero-order valence-corrected chi connectivity index (χ0v) is 7.02. The maximum atomic E-state index is 2.38. The molecule has 56 valence electrons. The minimum Gasteiger partial charge on any atom is -0.312 e. The van der Waals surface area contributed by atoms with Gasteiger partial charge < -0.3 is 9.80 Å². The average molecular weight is 130 g/mol. The lowest BCUT2D eigenvalue weighted by molar-refractivity contribution is 0.505. The summed E-state index contributed by atoms with van der Waals surface area (Å²) in [6, 6.07) is 0. The molecule has 0 aliphatic carbocycles. The van der Waals surface area contributed by atoms with Crippen LogP contribution in [0.25, 0.3) is 0 Å². The Kier molecular flexibility index (Phi) is 4.72. The SMILES string of the molecule is CCN1CC1.CN(C)C. The Balaban J connectivity index is 0.000000148. The van der Waals surface area contributed by atoms with E-state index < -0.39 is 0 Å². The van der Waals surface area contributed by atoms with Gasteiger partial charge in [-0.2, -0.15) is 0 Å². The topological polar surface area (TPSA) is 6.25 Å². The maximum Gasteiger partial charge on any atom is 0.0110 e. The van der Waals surface area contributed by atoms with E-state index in [9.17, 15) is 0 Å². The minimum atomic E-state index is 1.25. The van der Waals surface area contributed by atoms with Crippen LogP contribution in [-0.2, 0) is 0 Å². The molecule has 9 heavy (non-hydrogen) atoms. The van der Waals surface area contributed by atoms with Crippen LogP contribution in [0.15, 0.2) is 0 Å². The fourth-order valence-corrected chi connectivity index (χ4v) is 0.387. The van der Waals surface area contributed by atoms with Crippen molar-refractivity contribution >= 4 is 0 Å². The standard InChI is InChI=1S/C4H9N.C3H9N/c1-2-5-3-4-5;1-4(2)3/h2-4H2,1H3;1-3H3. The smallest absolute Gasteiger partial charge is 0.0110 e.